The van der Waals surface area contributed by atoms with Crippen LogP contribution in [0, 0.1) is 18.7 Å². The Balaban J connectivity index is 2.12. The number of aryl methyl sites for hydroxylation is 1. The number of hydrogen-bond donors (Lipinski definition) is 1. The summed E-state index contributed by atoms with van der Waals surface area (Å²) in [6, 6.07) is 3.53. The molecular formula is C12H16FNO. The Hall–Kier alpha value is -1.25. The summed E-state index contributed by atoms with van der Waals surface area (Å²) >= 11 is 0. The van der Waals surface area contributed by atoms with Crippen LogP contribution in [0.25, 0.3) is 0 Å². The number of methoxy groups -OCH3 is 1. The molecule has 2 rings (SSSR count). The van der Waals surface area contributed by atoms with Crippen LogP contribution in [-0.2, 0) is 0 Å². The average molecular weight is 209 g/mol. The van der Waals surface area contributed by atoms with Crippen LogP contribution in [-0.4, -0.2) is 13.7 Å². The van der Waals surface area contributed by atoms with Gasteiger partial charge in [-0.05, 0) is 37.3 Å². The Labute approximate surface area is 89.4 Å². The molecule has 0 radical (unpaired) electrons. The van der Waals surface area contributed by atoms with Crippen molar-refractivity contribution in [3.8, 4) is 5.75 Å². The molecule has 0 bridgehead atoms. The van der Waals surface area contributed by atoms with E-state index in [0.717, 1.165) is 18.2 Å². The molecule has 0 aliphatic heterocycles. The maximum Gasteiger partial charge on any atom is 0.168 e. The molecule has 0 unspecified atom stereocenters. The second-order valence-corrected chi connectivity index (χ2v) is 4.13. The van der Waals surface area contributed by atoms with Gasteiger partial charge in [-0.3, -0.25) is 0 Å². The topological polar surface area (TPSA) is 21.3 Å². The van der Waals surface area contributed by atoms with E-state index >= 15 is 0 Å². The molecule has 3 heteroatoms. The molecule has 15 heavy (non-hydrogen) atoms. The van der Waals surface area contributed by atoms with Gasteiger partial charge in [-0.15, -0.1) is 0 Å². The summed E-state index contributed by atoms with van der Waals surface area (Å²) in [4.78, 5) is 0. The number of hydrogen-bond acceptors (Lipinski definition) is 2. The van der Waals surface area contributed by atoms with E-state index in [2.05, 4.69) is 5.32 Å². The van der Waals surface area contributed by atoms with E-state index < -0.39 is 0 Å². The summed E-state index contributed by atoms with van der Waals surface area (Å²) in [5.74, 6) is 0.851. The van der Waals surface area contributed by atoms with Gasteiger partial charge >= 0.3 is 0 Å². The fourth-order valence-electron chi connectivity index (χ4n) is 1.57. The third-order valence-corrected chi connectivity index (χ3v) is 2.73. The predicted octanol–water partition coefficient (Wildman–Crippen LogP) is 2.96. The highest BCUT2D eigenvalue weighted by Gasteiger charge is 2.20. The number of ether oxygens (including phenoxy) is 1. The van der Waals surface area contributed by atoms with E-state index in [1.165, 1.54) is 20.0 Å². The van der Waals surface area contributed by atoms with Crippen molar-refractivity contribution in [3.63, 3.8) is 0 Å². The smallest absolute Gasteiger partial charge is 0.168 e. The average Bonchev–Trinajstić information content (AvgIpc) is 3.03. The first kappa shape index (κ1) is 10.3. The van der Waals surface area contributed by atoms with Gasteiger partial charge in [0.15, 0.2) is 11.6 Å². The maximum atomic E-state index is 13.4. The fraction of sp³-hybridized carbons (Fsp3) is 0.500. The Morgan fingerprint density at radius 2 is 2.20 bits per heavy atom. The third kappa shape index (κ3) is 2.41. The zero-order valence-corrected chi connectivity index (χ0v) is 9.14. The minimum absolute atomic E-state index is 0.269. The van der Waals surface area contributed by atoms with Crippen LogP contribution in [0.3, 0.4) is 0 Å². The molecule has 0 atom stereocenters. The zero-order chi connectivity index (χ0) is 10.8. The van der Waals surface area contributed by atoms with Gasteiger partial charge in [0.2, 0.25) is 0 Å². The molecule has 82 valence electrons. The third-order valence-electron chi connectivity index (χ3n) is 2.73. The molecule has 0 spiro atoms. The molecule has 1 saturated carbocycles. The largest absolute Gasteiger partial charge is 0.494 e. The van der Waals surface area contributed by atoms with Gasteiger partial charge in [0.05, 0.1) is 7.11 Å². The van der Waals surface area contributed by atoms with E-state index in [-0.39, 0.29) is 5.82 Å². The van der Waals surface area contributed by atoms with Crippen molar-refractivity contribution in [3.05, 3.63) is 23.5 Å². The van der Waals surface area contributed by atoms with E-state index in [0.29, 0.717) is 11.3 Å². The Morgan fingerprint density at radius 1 is 1.47 bits per heavy atom. The minimum atomic E-state index is -0.269. The van der Waals surface area contributed by atoms with Crippen molar-refractivity contribution in [2.24, 2.45) is 5.92 Å². The lowest BCUT2D eigenvalue weighted by molar-refractivity contribution is 0.385. The van der Waals surface area contributed by atoms with E-state index in [1.54, 1.807) is 13.0 Å². The summed E-state index contributed by atoms with van der Waals surface area (Å²) < 4.78 is 18.4. The molecule has 0 heterocycles. The Kier molecular flexibility index (Phi) is 2.80. The van der Waals surface area contributed by atoms with Crippen LogP contribution in [0.1, 0.15) is 18.4 Å². The highest BCUT2D eigenvalue weighted by Crippen LogP contribution is 2.30. The molecular weight excluding hydrogens is 193 g/mol. The van der Waals surface area contributed by atoms with Crippen molar-refractivity contribution in [1.29, 1.82) is 0 Å². The summed E-state index contributed by atoms with van der Waals surface area (Å²) in [6.45, 7) is 2.73. The van der Waals surface area contributed by atoms with E-state index in [1.807, 2.05) is 6.07 Å². The quantitative estimate of drug-likeness (QED) is 0.823. The highest BCUT2D eigenvalue weighted by molar-refractivity contribution is 5.52. The van der Waals surface area contributed by atoms with Crippen molar-refractivity contribution in [2.45, 2.75) is 19.8 Å². The monoisotopic (exact) mass is 209 g/mol. The SMILES string of the molecule is COc1cc(NCC2CC2)cc(C)c1F. The normalized spacial score (nSPS) is 15.1. The van der Waals surface area contributed by atoms with E-state index in [9.17, 15) is 4.39 Å². The summed E-state index contributed by atoms with van der Waals surface area (Å²) in [6.07, 6.45) is 2.62. The van der Waals surface area contributed by atoms with Gasteiger partial charge in [-0.2, -0.15) is 0 Å². The van der Waals surface area contributed by atoms with Gasteiger partial charge < -0.3 is 10.1 Å². The number of benzene rings is 1. The highest BCUT2D eigenvalue weighted by atomic mass is 19.1. The summed E-state index contributed by atoms with van der Waals surface area (Å²) in [7, 11) is 1.49. The first-order chi connectivity index (χ1) is 7.20. The molecule has 1 aliphatic rings. The van der Waals surface area contributed by atoms with Gasteiger partial charge in [-0.25, -0.2) is 4.39 Å². The van der Waals surface area contributed by atoms with Crippen molar-refractivity contribution < 1.29 is 9.13 Å². The number of anilines is 1. The molecule has 1 aromatic rings. The van der Waals surface area contributed by atoms with Crippen LogP contribution < -0.4 is 10.1 Å². The van der Waals surface area contributed by atoms with Gasteiger partial charge in [0, 0.05) is 18.3 Å². The zero-order valence-electron chi connectivity index (χ0n) is 9.14. The standard InChI is InChI=1S/C12H16FNO/c1-8-5-10(14-7-9-3-4-9)6-11(15-2)12(8)13/h5-6,9,14H,3-4,7H2,1-2H3. The van der Waals surface area contributed by atoms with Gasteiger partial charge in [0.25, 0.3) is 0 Å². The van der Waals surface area contributed by atoms with Gasteiger partial charge in [-0.1, -0.05) is 0 Å². The number of halogens is 1. The van der Waals surface area contributed by atoms with Crippen molar-refractivity contribution in [2.75, 3.05) is 19.0 Å². The lowest BCUT2D eigenvalue weighted by Gasteiger charge is -2.10. The first-order valence-corrected chi connectivity index (χ1v) is 5.28. The molecule has 0 amide bonds. The number of rotatable bonds is 4. The predicted molar refractivity (Wildman–Crippen MR) is 58.9 cm³/mol. The molecule has 0 saturated heterocycles. The van der Waals surface area contributed by atoms with Crippen LogP contribution in [0.4, 0.5) is 10.1 Å². The fourth-order valence-corrected chi connectivity index (χ4v) is 1.57. The summed E-state index contributed by atoms with van der Waals surface area (Å²) in [5.41, 5.74) is 1.56. The van der Waals surface area contributed by atoms with Crippen molar-refractivity contribution in [1.82, 2.24) is 0 Å². The summed E-state index contributed by atoms with van der Waals surface area (Å²) in [5, 5.41) is 3.30. The minimum Gasteiger partial charge on any atom is -0.494 e. The van der Waals surface area contributed by atoms with Gasteiger partial charge in [0.1, 0.15) is 0 Å². The molecule has 1 aromatic carbocycles. The number of nitrogens with one attached hydrogen (secondary N) is 1. The van der Waals surface area contributed by atoms with Crippen LogP contribution in [0.2, 0.25) is 0 Å². The van der Waals surface area contributed by atoms with Crippen LogP contribution >= 0.6 is 0 Å². The molecule has 1 aliphatic carbocycles. The Morgan fingerprint density at radius 3 is 2.80 bits per heavy atom. The molecule has 1 fully saturated rings. The molecule has 0 aromatic heterocycles. The second kappa shape index (κ2) is 4.09. The van der Waals surface area contributed by atoms with Crippen LogP contribution in [0.5, 0.6) is 5.75 Å². The van der Waals surface area contributed by atoms with Crippen LogP contribution in [0.15, 0.2) is 12.1 Å². The second-order valence-electron chi connectivity index (χ2n) is 4.13. The lowest BCUT2D eigenvalue weighted by Crippen LogP contribution is -2.04. The Bertz CT molecular complexity index is 361. The first-order valence-electron chi connectivity index (χ1n) is 5.28. The molecule has 2 nitrogen and oxygen atoms in total. The maximum absolute atomic E-state index is 13.4. The van der Waals surface area contributed by atoms with E-state index in [4.69, 9.17) is 4.74 Å². The van der Waals surface area contributed by atoms with Crippen molar-refractivity contribution >= 4 is 5.69 Å². The lowest BCUT2D eigenvalue weighted by atomic mass is 10.2. The molecule has 1 N–H and O–H groups in total.